The minimum atomic E-state index is 0.336. The number of anilines is 1. The molecule has 1 atom stereocenters. The lowest BCUT2D eigenvalue weighted by Gasteiger charge is -2.29. The predicted molar refractivity (Wildman–Crippen MR) is 110 cm³/mol. The second-order valence-electron chi connectivity index (χ2n) is 7.59. The lowest BCUT2D eigenvalue weighted by Crippen LogP contribution is -2.29. The van der Waals surface area contributed by atoms with Crippen molar-refractivity contribution in [3.05, 3.63) is 59.7 Å². The Labute approximate surface area is 158 Å². The van der Waals surface area contributed by atoms with E-state index in [1.807, 2.05) is 12.1 Å². The van der Waals surface area contributed by atoms with E-state index in [0.717, 1.165) is 12.3 Å². The van der Waals surface area contributed by atoms with Gasteiger partial charge in [-0.15, -0.1) is 0 Å². The molecule has 1 aliphatic heterocycles. The van der Waals surface area contributed by atoms with Crippen molar-refractivity contribution < 1.29 is 4.74 Å². The van der Waals surface area contributed by atoms with Crippen LogP contribution in [0.1, 0.15) is 50.3 Å². The molecule has 1 N–H and O–H groups in total. The highest BCUT2D eigenvalue weighted by molar-refractivity contribution is 5.47. The summed E-state index contributed by atoms with van der Waals surface area (Å²) in [5.74, 6) is 1.43. The van der Waals surface area contributed by atoms with Crippen LogP contribution in [0.5, 0.6) is 5.75 Å². The van der Waals surface area contributed by atoms with Gasteiger partial charge in [0.2, 0.25) is 0 Å². The molecule has 26 heavy (non-hydrogen) atoms. The van der Waals surface area contributed by atoms with Crippen LogP contribution in [0.4, 0.5) is 5.69 Å². The van der Waals surface area contributed by atoms with Crippen LogP contribution in [0.15, 0.2) is 48.5 Å². The van der Waals surface area contributed by atoms with Crippen molar-refractivity contribution in [2.75, 3.05) is 25.1 Å². The van der Waals surface area contributed by atoms with Crippen LogP contribution >= 0.6 is 0 Å². The summed E-state index contributed by atoms with van der Waals surface area (Å²) in [7, 11) is 1.71. The molecule has 2 aromatic carbocycles. The maximum atomic E-state index is 5.28. The molecule has 0 spiro atoms. The zero-order valence-corrected chi connectivity index (χ0v) is 16.4. The first-order valence-corrected chi connectivity index (χ1v) is 9.88. The van der Waals surface area contributed by atoms with Gasteiger partial charge in [-0.05, 0) is 60.6 Å². The molecule has 0 radical (unpaired) electrons. The van der Waals surface area contributed by atoms with Gasteiger partial charge in [0, 0.05) is 31.4 Å². The minimum Gasteiger partial charge on any atom is -0.497 e. The normalized spacial score (nSPS) is 15.9. The monoisotopic (exact) mass is 352 g/mol. The summed E-state index contributed by atoms with van der Waals surface area (Å²) in [5.41, 5.74) is 4.01. The number of piperidine rings is 1. The molecule has 0 amide bonds. The van der Waals surface area contributed by atoms with Gasteiger partial charge in [-0.25, -0.2) is 0 Å². The van der Waals surface area contributed by atoms with Crippen LogP contribution in [0.25, 0.3) is 0 Å². The lowest BCUT2D eigenvalue weighted by molar-refractivity contribution is 0.404. The van der Waals surface area contributed by atoms with E-state index in [2.05, 4.69) is 60.5 Å². The maximum absolute atomic E-state index is 5.28. The molecule has 2 aromatic rings. The van der Waals surface area contributed by atoms with Crippen LogP contribution in [-0.4, -0.2) is 20.2 Å². The van der Waals surface area contributed by atoms with Crippen molar-refractivity contribution in [1.82, 2.24) is 5.32 Å². The van der Waals surface area contributed by atoms with E-state index in [1.165, 1.54) is 49.2 Å². The number of nitrogens with zero attached hydrogens (tertiary/aromatic N) is 1. The summed E-state index contributed by atoms with van der Waals surface area (Å²) >= 11 is 0. The zero-order valence-electron chi connectivity index (χ0n) is 16.4. The Morgan fingerprint density at radius 3 is 2.15 bits per heavy atom. The third kappa shape index (κ3) is 4.79. The van der Waals surface area contributed by atoms with Crippen molar-refractivity contribution in [2.24, 2.45) is 5.92 Å². The first kappa shape index (κ1) is 18.8. The SMILES string of the molecule is COc1ccc(C(NCc2ccc(N3CCCCC3)cc2)C(C)C)cc1. The highest BCUT2D eigenvalue weighted by Gasteiger charge is 2.16. The summed E-state index contributed by atoms with van der Waals surface area (Å²) in [6, 6.07) is 17.8. The van der Waals surface area contributed by atoms with E-state index in [-0.39, 0.29) is 0 Å². The van der Waals surface area contributed by atoms with Gasteiger partial charge in [-0.3, -0.25) is 0 Å². The van der Waals surface area contributed by atoms with E-state index >= 15 is 0 Å². The number of hydrogen-bond donors (Lipinski definition) is 1. The molecule has 1 saturated heterocycles. The summed E-state index contributed by atoms with van der Waals surface area (Å²) in [6.45, 7) is 7.81. The number of hydrogen-bond acceptors (Lipinski definition) is 3. The summed E-state index contributed by atoms with van der Waals surface area (Å²) in [6.07, 6.45) is 4.02. The predicted octanol–water partition coefficient (Wildman–Crippen LogP) is 5.17. The van der Waals surface area contributed by atoms with Crippen molar-refractivity contribution in [3.8, 4) is 5.75 Å². The molecule has 0 aromatic heterocycles. The molecule has 1 aliphatic rings. The number of ether oxygens (including phenoxy) is 1. The average molecular weight is 353 g/mol. The van der Waals surface area contributed by atoms with Gasteiger partial charge in [0.25, 0.3) is 0 Å². The Bertz CT molecular complexity index is 658. The minimum absolute atomic E-state index is 0.336. The molecule has 3 heteroatoms. The Hall–Kier alpha value is -2.00. The van der Waals surface area contributed by atoms with E-state index in [4.69, 9.17) is 4.74 Å². The molecular formula is C23H32N2O. The Balaban J connectivity index is 1.61. The van der Waals surface area contributed by atoms with Gasteiger partial charge in [0.1, 0.15) is 5.75 Å². The van der Waals surface area contributed by atoms with Crippen molar-refractivity contribution in [2.45, 2.75) is 45.7 Å². The second-order valence-corrected chi connectivity index (χ2v) is 7.59. The fourth-order valence-corrected chi connectivity index (χ4v) is 3.75. The first-order valence-electron chi connectivity index (χ1n) is 9.88. The lowest BCUT2D eigenvalue weighted by atomic mass is 9.95. The smallest absolute Gasteiger partial charge is 0.118 e. The van der Waals surface area contributed by atoms with Gasteiger partial charge in [0.15, 0.2) is 0 Å². The fourth-order valence-electron chi connectivity index (χ4n) is 3.75. The van der Waals surface area contributed by atoms with Gasteiger partial charge < -0.3 is 15.0 Å². The highest BCUT2D eigenvalue weighted by atomic mass is 16.5. The molecule has 140 valence electrons. The summed E-state index contributed by atoms with van der Waals surface area (Å²) in [5, 5.41) is 3.73. The number of nitrogens with one attached hydrogen (secondary N) is 1. The van der Waals surface area contributed by atoms with Gasteiger partial charge in [-0.1, -0.05) is 38.1 Å². The second kappa shape index (κ2) is 9.09. The van der Waals surface area contributed by atoms with E-state index in [1.54, 1.807) is 7.11 Å². The number of benzene rings is 2. The van der Waals surface area contributed by atoms with Crippen molar-refractivity contribution in [1.29, 1.82) is 0 Å². The van der Waals surface area contributed by atoms with Crippen LogP contribution in [-0.2, 0) is 6.54 Å². The maximum Gasteiger partial charge on any atom is 0.118 e. The topological polar surface area (TPSA) is 24.5 Å². The molecule has 3 rings (SSSR count). The van der Waals surface area contributed by atoms with Gasteiger partial charge in [0.05, 0.1) is 7.11 Å². The van der Waals surface area contributed by atoms with E-state index < -0.39 is 0 Å². The number of methoxy groups -OCH3 is 1. The Morgan fingerprint density at radius 1 is 0.923 bits per heavy atom. The highest BCUT2D eigenvalue weighted by Crippen LogP contribution is 2.25. The molecule has 3 nitrogen and oxygen atoms in total. The Kier molecular flexibility index (Phi) is 6.56. The quantitative estimate of drug-likeness (QED) is 0.744. The number of rotatable bonds is 7. The summed E-state index contributed by atoms with van der Waals surface area (Å²) in [4.78, 5) is 2.51. The molecule has 0 bridgehead atoms. The molecule has 0 aliphatic carbocycles. The van der Waals surface area contributed by atoms with Crippen molar-refractivity contribution >= 4 is 5.69 Å². The van der Waals surface area contributed by atoms with Crippen LogP contribution in [0.2, 0.25) is 0 Å². The third-order valence-corrected chi connectivity index (χ3v) is 5.33. The van der Waals surface area contributed by atoms with E-state index in [0.29, 0.717) is 12.0 Å². The molecule has 0 saturated carbocycles. The fraction of sp³-hybridized carbons (Fsp3) is 0.478. The van der Waals surface area contributed by atoms with Gasteiger partial charge >= 0.3 is 0 Å². The van der Waals surface area contributed by atoms with E-state index in [9.17, 15) is 0 Å². The molecule has 1 heterocycles. The van der Waals surface area contributed by atoms with Crippen LogP contribution < -0.4 is 15.0 Å². The van der Waals surface area contributed by atoms with Gasteiger partial charge in [-0.2, -0.15) is 0 Å². The largest absolute Gasteiger partial charge is 0.497 e. The standard InChI is InChI=1S/C23H32N2O/c1-18(2)23(20-9-13-22(26-3)14-10-20)24-17-19-7-11-21(12-8-19)25-15-5-4-6-16-25/h7-14,18,23-24H,4-6,15-17H2,1-3H3. The van der Waals surface area contributed by atoms with Crippen molar-refractivity contribution in [3.63, 3.8) is 0 Å². The summed E-state index contributed by atoms with van der Waals surface area (Å²) < 4.78 is 5.28. The average Bonchev–Trinajstić information content (AvgIpc) is 2.69. The molecule has 1 fully saturated rings. The molecular weight excluding hydrogens is 320 g/mol. The molecule has 1 unspecified atom stereocenters. The third-order valence-electron chi connectivity index (χ3n) is 5.33. The van der Waals surface area contributed by atoms with Crippen LogP contribution in [0.3, 0.4) is 0 Å². The van der Waals surface area contributed by atoms with Crippen LogP contribution in [0, 0.1) is 5.92 Å². The first-order chi connectivity index (χ1) is 12.7. The zero-order chi connectivity index (χ0) is 18.4. The Morgan fingerprint density at radius 2 is 1.58 bits per heavy atom.